The van der Waals surface area contributed by atoms with Crippen LogP contribution in [0, 0.1) is 11.3 Å². The van der Waals surface area contributed by atoms with Gasteiger partial charge in [-0.2, -0.15) is 5.26 Å². The average molecular weight is 293 g/mol. The predicted octanol–water partition coefficient (Wildman–Crippen LogP) is 1.15. The molecule has 0 bridgehead atoms. The van der Waals surface area contributed by atoms with E-state index in [2.05, 4.69) is 4.90 Å². The van der Waals surface area contributed by atoms with Crippen molar-refractivity contribution in [3.05, 3.63) is 21.9 Å². The van der Waals surface area contributed by atoms with Crippen LogP contribution in [0.25, 0.3) is 0 Å². The molecule has 2 atom stereocenters. The lowest BCUT2D eigenvalue weighted by atomic mass is 10.1. The standard InChI is InChI=1S/C14H19N3O2S/c1-10-7-16(8-11(2)18)3-4-17(10)14(19)13-5-12(6-15)9-20-13/h5,9-11,18H,3-4,7-8H2,1-2H3. The summed E-state index contributed by atoms with van der Waals surface area (Å²) in [4.78, 5) is 17.1. The fraction of sp³-hybridized carbons (Fsp3) is 0.571. The summed E-state index contributed by atoms with van der Waals surface area (Å²) in [7, 11) is 0. The zero-order chi connectivity index (χ0) is 14.7. The van der Waals surface area contributed by atoms with Gasteiger partial charge in [-0.15, -0.1) is 11.3 Å². The van der Waals surface area contributed by atoms with Gasteiger partial charge in [0.1, 0.15) is 6.07 Å². The zero-order valence-electron chi connectivity index (χ0n) is 11.7. The van der Waals surface area contributed by atoms with Crippen LogP contribution in [0.3, 0.4) is 0 Å². The van der Waals surface area contributed by atoms with Gasteiger partial charge in [0, 0.05) is 37.6 Å². The van der Waals surface area contributed by atoms with Crippen LogP contribution in [0.4, 0.5) is 0 Å². The number of amides is 1. The smallest absolute Gasteiger partial charge is 0.264 e. The third-order valence-electron chi connectivity index (χ3n) is 3.43. The van der Waals surface area contributed by atoms with Gasteiger partial charge in [-0.3, -0.25) is 9.69 Å². The Morgan fingerprint density at radius 2 is 2.40 bits per heavy atom. The predicted molar refractivity (Wildman–Crippen MR) is 77.7 cm³/mol. The van der Waals surface area contributed by atoms with E-state index < -0.39 is 0 Å². The van der Waals surface area contributed by atoms with Crippen molar-refractivity contribution >= 4 is 17.2 Å². The van der Waals surface area contributed by atoms with Crippen LogP contribution in [-0.4, -0.2) is 59.1 Å². The van der Waals surface area contributed by atoms with Crippen molar-refractivity contribution in [2.45, 2.75) is 26.0 Å². The number of hydrogen-bond acceptors (Lipinski definition) is 5. The quantitative estimate of drug-likeness (QED) is 0.907. The van der Waals surface area contributed by atoms with Crippen LogP contribution in [-0.2, 0) is 0 Å². The Kier molecular flexibility index (Phi) is 4.76. The number of aliphatic hydroxyl groups is 1. The first kappa shape index (κ1) is 15.0. The first-order valence-electron chi connectivity index (χ1n) is 6.71. The monoisotopic (exact) mass is 293 g/mol. The lowest BCUT2D eigenvalue weighted by Gasteiger charge is -2.40. The minimum Gasteiger partial charge on any atom is -0.392 e. The molecule has 1 saturated heterocycles. The Balaban J connectivity index is 2.00. The van der Waals surface area contributed by atoms with Crippen molar-refractivity contribution in [1.82, 2.24) is 9.80 Å². The molecule has 1 aliphatic heterocycles. The normalized spacial score (nSPS) is 21.5. The minimum absolute atomic E-state index is 0.000645. The topological polar surface area (TPSA) is 67.6 Å². The molecule has 1 amide bonds. The Labute approximate surface area is 123 Å². The van der Waals surface area contributed by atoms with Crippen molar-refractivity contribution in [1.29, 1.82) is 5.26 Å². The molecule has 0 aliphatic carbocycles. The van der Waals surface area contributed by atoms with Gasteiger partial charge in [-0.1, -0.05) is 0 Å². The van der Waals surface area contributed by atoms with E-state index in [9.17, 15) is 9.90 Å². The van der Waals surface area contributed by atoms with Crippen LogP contribution >= 0.6 is 11.3 Å². The molecule has 2 rings (SSSR count). The fourth-order valence-corrected chi connectivity index (χ4v) is 3.31. The second-order valence-corrected chi connectivity index (χ2v) is 6.18. The maximum atomic E-state index is 12.4. The summed E-state index contributed by atoms with van der Waals surface area (Å²) in [6.07, 6.45) is -0.347. The average Bonchev–Trinajstić information content (AvgIpc) is 2.86. The van der Waals surface area contributed by atoms with Gasteiger partial charge in [0.15, 0.2) is 0 Å². The van der Waals surface area contributed by atoms with E-state index in [0.717, 1.165) is 13.1 Å². The zero-order valence-corrected chi connectivity index (χ0v) is 12.6. The summed E-state index contributed by atoms with van der Waals surface area (Å²) in [5, 5.41) is 19.9. The van der Waals surface area contributed by atoms with E-state index in [4.69, 9.17) is 5.26 Å². The molecule has 0 saturated carbocycles. The first-order valence-corrected chi connectivity index (χ1v) is 7.59. The SMILES string of the molecule is CC(O)CN1CCN(C(=O)c2cc(C#N)cs2)C(C)C1. The van der Waals surface area contributed by atoms with Gasteiger partial charge in [0.05, 0.1) is 16.5 Å². The van der Waals surface area contributed by atoms with E-state index in [0.29, 0.717) is 23.5 Å². The van der Waals surface area contributed by atoms with Crippen molar-refractivity contribution in [2.75, 3.05) is 26.2 Å². The van der Waals surface area contributed by atoms with Crippen LogP contribution in [0.2, 0.25) is 0 Å². The second-order valence-electron chi connectivity index (χ2n) is 5.27. The van der Waals surface area contributed by atoms with Crippen molar-refractivity contribution in [2.24, 2.45) is 0 Å². The van der Waals surface area contributed by atoms with Gasteiger partial charge in [0.25, 0.3) is 5.91 Å². The number of carbonyl (C=O) groups is 1. The summed E-state index contributed by atoms with van der Waals surface area (Å²) < 4.78 is 0. The second kappa shape index (κ2) is 6.35. The lowest BCUT2D eigenvalue weighted by Crippen LogP contribution is -2.54. The van der Waals surface area contributed by atoms with E-state index in [1.54, 1.807) is 18.4 Å². The summed E-state index contributed by atoms with van der Waals surface area (Å²) in [6.45, 7) is 6.64. The number of rotatable bonds is 3. The largest absolute Gasteiger partial charge is 0.392 e. The molecule has 1 aromatic heterocycles. The summed E-state index contributed by atoms with van der Waals surface area (Å²) in [6, 6.07) is 3.82. The minimum atomic E-state index is -0.347. The Morgan fingerprint density at radius 1 is 1.65 bits per heavy atom. The number of thiophene rings is 1. The van der Waals surface area contributed by atoms with Gasteiger partial charge >= 0.3 is 0 Å². The molecule has 0 aromatic carbocycles. The molecule has 5 nitrogen and oxygen atoms in total. The highest BCUT2D eigenvalue weighted by Crippen LogP contribution is 2.19. The Bertz CT molecular complexity index is 521. The van der Waals surface area contributed by atoms with E-state index >= 15 is 0 Å². The summed E-state index contributed by atoms with van der Waals surface area (Å²) in [5.41, 5.74) is 0.541. The number of piperazine rings is 1. The van der Waals surface area contributed by atoms with E-state index in [1.165, 1.54) is 11.3 Å². The number of nitrogens with zero attached hydrogens (tertiary/aromatic N) is 3. The number of nitriles is 1. The summed E-state index contributed by atoms with van der Waals surface area (Å²) in [5.74, 6) is 0.000645. The molecule has 2 heterocycles. The Morgan fingerprint density at radius 3 is 2.95 bits per heavy atom. The highest BCUT2D eigenvalue weighted by molar-refractivity contribution is 7.12. The summed E-state index contributed by atoms with van der Waals surface area (Å²) >= 11 is 1.32. The molecule has 1 N–H and O–H groups in total. The highest BCUT2D eigenvalue weighted by Gasteiger charge is 2.29. The highest BCUT2D eigenvalue weighted by atomic mass is 32.1. The molecule has 108 valence electrons. The molecule has 6 heteroatoms. The molecule has 1 aromatic rings. The van der Waals surface area contributed by atoms with Crippen LogP contribution in [0.5, 0.6) is 0 Å². The van der Waals surface area contributed by atoms with Crippen LogP contribution < -0.4 is 0 Å². The van der Waals surface area contributed by atoms with Gasteiger partial charge in [-0.25, -0.2) is 0 Å². The number of hydrogen-bond donors (Lipinski definition) is 1. The molecule has 1 fully saturated rings. The van der Waals surface area contributed by atoms with Crippen molar-refractivity contribution in [3.63, 3.8) is 0 Å². The van der Waals surface area contributed by atoms with Gasteiger partial charge < -0.3 is 10.0 Å². The van der Waals surface area contributed by atoms with E-state index in [1.807, 2.05) is 17.9 Å². The molecule has 0 radical (unpaired) electrons. The van der Waals surface area contributed by atoms with E-state index in [-0.39, 0.29) is 18.1 Å². The molecule has 2 unspecified atom stereocenters. The third kappa shape index (κ3) is 3.37. The maximum absolute atomic E-state index is 12.4. The van der Waals surface area contributed by atoms with Crippen LogP contribution in [0.1, 0.15) is 29.1 Å². The van der Waals surface area contributed by atoms with Gasteiger partial charge in [0.2, 0.25) is 0 Å². The molecule has 20 heavy (non-hydrogen) atoms. The third-order valence-corrected chi connectivity index (χ3v) is 4.35. The molecular weight excluding hydrogens is 274 g/mol. The van der Waals surface area contributed by atoms with Gasteiger partial charge in [-0.05, 0) is 19.9 Å². The Hall–Kier alpha value is -1.42. The lowest BCUT2D eigenvalue weighted by molar-refractivity contribution is 0.0387. The number of aliphatic hydroxyl groups excluding tert-OH is 1. The number of β-amino-alcohol motifs (C(OH)–C–C–N with tert-alkyl or cyclic N) is 1. The fourth-order valence-electron chi connectivity index (χ4n) is 2.52. The molecule has 0 spiro atoms. The van der Waals surface area contributed by atoms with Crippen LogP contribution in [0.15, 0.2) is 11.4 Å². The molecular formula is C14H19N3O2S. The molecule has 1 aliphatic rings. The maximum Gasteiger partial charge on any atom is 0.264 e. The van der Waals surface area contributed by atoms with Crippen molar-refractivity contribution in [3.8, 4) is 6.07 Å². The number of carbonyl (C=O) groups excluding carboxylic acids is 1. The van der Waals surface area contributed by atoms with Crippen molar-refractivity contribution < 1.29 is 9.90 Å². The first-order chi connectivity index (χ1) is 9.51.